The molecule has 2 heteroatoms. The molecule has 2 atom stereocenters. The zero-order chi connectivity index (χ0) is 78.5. The van der Waals surface area contributed by atoms with Crippen molar-refractivity contribution in [3.05, 3.63) is 455 Å². The number of hydrogen-bond acceptors (Lipinski definition) is 2. The Kier molecular flexibility index (Phi) is 16.1. The van der Waals surface area contributed by atoms with Crippen LogP contribution in [0.25, 0.3) is 116 Å². The molecule has 0 spiro atoms. The van der Waals surface area contributed by atoms with Crippen LogP contribution in [0.5, 0.6) is 0 Å². The molecule has 0 heterocycles. The lowest BCUT2D eigenvalue weighted by Crippen LogP contribution is -2.24. The highest BCUT2D eigenvalue weighted by molar-refractivity contribution is 6.02. The second-order valence-corrected chi connectivity index (χ2v) is 34.5. The van der Waals surface area contributed by atoms with Crippen molar-refractivity contribution >= 4 is 55.6 Å². The quantitative estimate of drug-likeness (QED) is 0.107. The third kappa shape index (κ3) is 11.1. The van der Waals surface area contributed by atoms with Crippen LogP contribution in [0.1, 0.15) is 110 Å². The van der Waals surface area contributed by atoms with Gasteiger partial charge in [-0.1, -0.05) is 350 Å². The first-order valence-corrected chi connectivity index (χ1v) is 41.7. The van der Waals surface area contributed by atoms with Crippen molar-refractivity contribution in [3.63, 3.8) is 0 Å². The van der Waals surface area contributed by atoms with E-state index in [0.717, 1.165) is 41.9 Å². The van der Waals surface area contributed by atoms with Gasteiger partial charge in [-0.25, -0.2) is 0 Å². The molecule has 2 unspecified atom stereocenters. The van der Waals surface area contributed by atoms with Gasteiger partial charge in [-0.15, -0.1) is 0 Å². The van der Waals surface area contributed by atoms with Gasteiger partial charge in [-0.3, -0.25) is 0 Å². The summed E-state index contributed by atoms with van der Waals surface area (Å²) in [6.45, 7) is 14.7. The minimum atomic E-state index is -0.405. The lowest BCUT2D eigenvalue weighted by Gasteiger charge is -2.35. The number of rotatable bonds is 14. The van der Waals surface area contributed by atoms with Crippen LogP contribution in [-0.4, -0.2) is 0 Å². The lowest BCUT2D eigenvalue weighted by molar-refractivity contribution is 0.583. The van der Waals surface area contributed by atoms with Crippen LogP contribution in [0.15, 0.2) is 400 Å². The van der Waals surface area contributed by atoms with Gasteiger partial charge >= 0.3 is 0 Å². The number of nitrogens with zero attached hydrogens (tertiary/aromatic N) is 2. The Bertz CT molecular complexity index is 6990. The standard InChI is InChI=1S/C115H88N2/c1-112(2)100-43-23-20-38-92(100)96-62-57-86(69-104(96)112)116(108-46-26-41-90(110(108)78-30-10-7-11-31-78)83-54-52-75-28-16-18-34-80(75)66-83)87-58-63-97-95-61-56-82(68-103(95)113(3,4)105(97)70-87)77-50-48-74(49-51-77)73-114(5)101-44-24-21-39-93(101)98-64-59-88(71-106(98)114)117(89-60-65-99-94-40-22-25-45-102(94)115(6,107(99)72-89)85-36-14-9-15-37-85)109-47-27-42-91(111(109)79-32-12-8-13-33-79)84-55-53-76-29-17-19-35-81(76)67-84/h7-57,59-62,64-72H,58,63,73H2,1-6H3. The predicted molar refractivity (Wildman–Crippen MR) is 493 cm³/mol. The Morgan fingerprint density at radius 3 is 1.29 bits per heavy atom. The fraction of sp³-hybridized carbons (Fsp3) is 0.113. The van der Waals surface area contributed by atoms with E-state index in [1.54, 1.807) is 0 Å². The van der Waals surface area contributed by atoms with E-state index >= 15 is 0 Å². The largest absolute Gasteiger partial charge is 0.314 e. The van der Waals surface area contributed by atoms with Crippen LogP contribution in [0.2, 0.25) is 0 Å². The van der Waals surface area contributed by atoms with Gasteiger partial charge in [0.05, 0.1) is 11.4 Å². The highest BCUT2D eigenvalue weighted by Gasteiger charge is 2.45. The molecule has 17 aromatic rings. The smallest absolute Gasteiger partial charge is 0.0546 e. The maximum absolute atomic E-state index is 2.64. The van der Waals surface area contributed by atoms with Crippen molar-refractivity contribution in [2.75, 3.05) is 9.80 Å². The third-order valence-corrected chi connectivity index (χ3v) is 27.3. The zero-order valence-corrected chi connectivity index (χ0v) is 67.0. The first-order valence-electron chi connectivity index (χ1n) is 41.7. The van der Waals surface area contributed by atoms with Crippen LogP contribution in [0, 0.1) is 0 Å². The molecule has 0 fully saturated rings. The van der Waals surface area contributed by atoms with Gasteiger partial charge in [0, 0.05) is 55.5 Å². The maximum atomic E-state index is 2.64. The molecular weight excluding hydrogens is 1410 g/mol. The molecule has 2 nitrogen and oxygen atoms in total. The molecule has 0 bridgehead atoms. The Labute approximate surface area is 687 Å². The molecule has 0 N–H and O–H groups in total. The van der Waals surface area contributed by atoms with Crippen LogP contribution in [0.4, 0.5) is 28.4 Å². The Morgan fingerprint density at radius 1 is 0.256 bits per heavy atom. The molecule has 0 amide bonds. The molecule has 558 valence electrons. The van der Waals surface area contributed by atoms with Gasteiger partial charge in [0.15, 0.2) is 0 Å². The predicted octanol–water partition coefficient (Wildman–Crippen LogP) is 30.5. The summed E-state index contributed by atoms with van der Waals surface area (Å²) >= 11 is 0. The molecule has 0 radical (unpaired) electrons. The number of allylic oxidation sites excluding steroid dienone is 4. The molecule has 5 aliphatic rings. The van der Waals surface area contributed by atoms with Crippen molar-refractivity contribution in [1.82, 2.24) is 0 Å². The van der Waals surface area contributed by atoms with Crippen LogP contribution < -0.4 is 9.80 Å². The number of hydrogen-bond donors (Lipinski definition) is 0. The van der Waals surface area contributed by atoms with E-state index in [1.165, 1.54) is 189 Å². The zero-order valence-electron chi connectivity index (χ0n) is 67.0. The van der Waals surface area contributed by atoms with Gasteiger partial charge in [0.25, 0.3) is 0 Å². The average molecular weight is 1500 g/mol. The Balaban J connectivity index is 0.630. The van der Waals surface area contributed by atoms with E-state index in [9.17, 15) is 0 Å². The third-order valence-electron chi connectivity index (χ3n) is 27.3. The summed E-state index contributed by atoms with van der Waals surface area (Å²) in [5.74, 6) is 0. The molecule has 0 aliphatic heterocycles. The molecule has 117 heavy (non-hydrogen) atoms. The summed E-state index contributed by atoms with van der Waals surface area (Å²) in [5.41, 5.74) is 41.9. The van der Waals surface area contributed by atoms with Gasteiger partial charge in [-0.05, 0) is 265 Å². The molecule has 0 saturated carbocycles. The minimum absolute atomic E-state index is 0.177. The molecule has 5 aliphatic carbocycles. The minimum Gasteiger partial charge on any atom is -0.314 e. The van der Waals surface area contributed by atoms with Crippen molar-refractivity contribution in [2.24, 2.45) is 0 Å². The molecule has 17 aromatic carbocycles. The fourth-order valence-corrected chi connectivity index (χ4v) is 21.4. The van der Waals surface area contributed by atoms with Crippen LogP contribution in [0.3, 0.4) is 0 Å². The molecule has 22 rings (SSSR count). The van der Waals surface area contributed by atoms with Crippen molar-refractivity contribution in [3.8, 4) is 89.0 Å². The second-order valence-electron chi connectivity index (χ2n) is 34.5. The SMILES string of the molecule is CC1(C)C2=C(CCC(N(c3ccc4c(c3)C(C)(C)c3ccccc3-4)c3cccc(-c4ccc5ccccc5c4)c3-c3ccccc3)=C2)c2ccc(-c3ccc(CC4(C)c5ccccc5-c5ccc(N(c6ccc7c(c6)C(C)(c6ccccc6)c6ccccc6-7)c6cccc(-c7ccc8ccccc8c7)c6-c6ccccc6)cc54)cc3)cc21. The van der Waals surface area contributed by atoms with E-state index < -0.39 is 5.41 Å². The average Bonchev–Trinajstić information content (AvgIpc) is 1.57. The first kappa shape index (κ1) is 70.0. The highest BCUT2D eigenvalue weighted by Crippen LogP contribution is 2.60. The Hall–Kier alpha value is -13.7. The van der Waals surface area contributed by atoms with Gasteiger partial charge in [0.2, 0.25) is 0 Å². The summed E-state index contributed by atoms with van der Waals surface area (Å²) in [7, 11) is 0. The van der Waals surface area contributed by atoms with Crippen LogP contribution >= 0.6 is 0 Å². The second kappa shape index (κ2) is 27.0. The van der Waals surface area contributed by atoms with Crippen LogP contribution in [-0.2, 0) is 28.1 Å². The van der Waals surface area contributed by atoms with E-state index in [0.29, 0.717) is 0 Å². The Morgan fingerprint density at radius 2 is 0.684 bits per heavy atom. The van der Waals surface area contributed by atoms with E-state index in [4.69, 9.17) is 0 Å². The van der Waals surface area contributed by atoms with Gasteiger partial charge in [0.1, 0.15) is 0 Å². The van der Waals surface area contributed by atoms with E-state index in [-0.39, 0.29) is 16.2 Å². The number of fused-ring (bicyclic) bond motifs is 13. The monoisotopic (exact) mass is 1500 g/mol. The summed E-state index contributed by atoms with van der Waals surface area (Å²) in [5, 5.41) is 4.93. The maximum Gasteiger partial charge on any atom is 0.0546 e. The lowest BCUT2D eigenvalue weighted by atomic mass is 9.74. The van der Waals surface area contributed by atoms with E-state index in [2.05, 4.69) is 440 Å². The van der Waals surface area contributed by atoms with Crippen molar-refractivity contribution < 1.29 is 0 Å². The van der Waals surface area contributed by atoms with Crippen molar-refractivity contribution in [1.29, 1.82) is 0 Å². The highest BCUT2D eigenvalue weighted by atomic mass is 15.2. The summed E-state index contributed by atoms with van der Waals surface area (Å²) in [4.78, 5) is 5.22. The van der Waals surface area contributed by atoms with Gasteiger partial charge in [-0.2, -0.15) is 0 Å². The normalized spacial score (nSPS) is 16.6. The first-order chi connectivity index (χ1) is 57.3. The molecule has 0 saturated heterocycles. The summed E-state index contributed by atoms with van der Waals surface area (Å²) in [6, 6.07) is 145. The summed E-state index contributed by atoms with van der Waals surface area (Å²) < 4.78 is 0. The summed E-state index contributed by atoms with van der Waals surface area (Å²) in [6.07, 6.45) is 5.23. The number of benzene rings is 17. The molecular formula is C115H88N2. The number of anilines is 5. The van der Waals surface area contributed by atoms with E-state index in [1.807, 2.05) is 0 Å². The topological polar surface area (TPSA) is 6.48 Å². The fourth-order valence-electron chi connectivity index (χ4n) is 21.4. The molecule has 0 aromatic heterocycles. The van der Waals surface area contributed by atoms with Crippen molar-refractivity contribution in [2.45, 2.75) is 82.5 Å². The van der Waals surface area contributed by atoms with Gasteiger partial charge < -0.3 is 9.80 Å².